The summed E-state index contributed by atoms with van der Waals surface area (Å²) >= 11 is 0. The molecule has 2 rings (SSSR count). The van der Waals surface area contributed by atoms with Crippen LogP contribution in [0.15, 0.2) is 30.3 Å². The van der Waals surface area contributed by atoms with Crippen molar-refractivity contribution in [2.75, 3.05) is 0 Å². The average Bonchev–Trinajstić information content (AvgIpc) is 2.30. The third-order valence-electron chi connectivity index (χ3n) is 4.30. The third kappa shape index (κ3) is 3.32. The Morgan fingerprint density at radius 2 is 1.71 bits per heavy atom. The largest absolute Gasteiger partial charge is 0.390 e. The molecule has 17 heavy (non-hydrogen) atoms. The van der Waals surface area contributed by atoms with Gasteiger partial charge in [-0.1, -0.05) is 50.1 Å². The fraction of sp³-hybridized carbons (Fsp3) is 0.625. The maximum Gasteiger partial charge on any atom is 0.0687 e. The Kier molecular flexibility index (Phi) is 3.88. The Labute approximate surface area is 105 Å². The van der Waals surface area contributed by atoms with Gasteiger partial charge in [0.2, 0.25) is 0 Å². The Hall–Kier alpha value is -0.820. The van der Waals surface area contributed by atoms with Gasteiger partial charge < -0.3 is 5.11 Å². The van der Waals surface area contributed by atoms with Crippen LogP contribution in [0.5, 0.6) is 0 Å². The van der Waals surface area contributed by atoms with Crippen LogP contribution in [-0.4, -0.2) is 10.7 Å². The van der Waals surface area contributed by atoms with E-state index in [1.54, 1.807) is 0 Å². The summed E-state index contributed by atoms with van der Waals surface area (Å²) in [5.74, 6) is 1.32. The highest BCUT2D eigenvalue weighted by Crippen LogP contribution is 2.36. The Morgan fingerprint density at radius 3 is 2.29 bits per heavy atom. The SMILES string of the molecule is CC1CCC(C(C)(O)Cc2ccccc2)CC1. The molecule has 1 nitrogen and oxygen atoms in total. The van der Waals surface area contributed by atoms with Crippen molar-refractivity contribution in [2.45, 2.75) is 51.6 Å². The van der Waals surface area contributed by atoms with Gasteiger partial charge in [0.1, 0.15) is 0 Å². The minimum atomic E-state index is -0.540. The molecule has 0 saturated heterocycles. The normalized spacial score (nSPS) is 28.6. The van der Waals surface area contributed by atoms with Crippen molar-refractivity contribution in [3.05, 3.63) is 35.9 Å². The van der Waals surface area contributed by atoms with Gasteiger partial charge in [0.15, 0.2) is 0 Å². The van der Waals surface area contributed by atoms with Gasteiger partial charge in [-0.15, -0.1) is 0 Å². The van der Waals surface area contributed by atoms with Crippen LogP contribution in [0.2, 0.25) is 0 Å². The first-order valence-corrected chi connectivity index (χ1v) is 6.84. The molecule has 0 heterocycles. The lowest BCUT2D eigenvalue weighted by Crippen LogP contribution is -2.38. The summed E-state index contributed by atoms with van der Waals surface area (Å²) in [6.07, 6.45) is 5.69. The molecule has 94 valence electrons. The van der Waals surface area contributed by atoms with E-state index >= 15 is 0 Å². The lowest BCUT2D eigenvalue weighted by molar-refractivity contribution is -0.0208. The Morgan fingerprint density at radius 1 is 1.12 bits per heavy atom. The molecule has 1 atom stereocenters. The van der Waals surface area contributed by atoms with E-state index in [0.29, 0.717) is 5.92 Å². The van der Waals surface area contributed by atoms with Gasteiger partial charge in [-0.05, 0) is 37.2 Å². The van der Waals surface area contributed by atoms with Crippen LogP contribution in [0.4, 0.5) is 0 Å². The van der Waals surface area contributed by atoms with Crippen LogP contribution in [0.25, 0.3) is 0 Å². The highest BCUT2D eigenvalue weighted by atomic mass is 16.3. The number of rotatable bonds is 3. The Bertz CT molecular complexity index is 334. The molecule has 1 fully saturated rings. The molecule has 0 radical (unpaired) electrons. The molecule has 0 aliphatic heterocycles. The predicted octanol–water partition coefficient (Wildman–Crippen LogP) is 3.81. The maximum absolute atomic E-state index is 10.7. The summed E-state index contributed by atoms with van der Waals surface area (Å²) in [5, 5.41) is 10.7. The summed E-state index contributed by atoms with van der Waals surface area (Å²) in [4.78, 5) is 0. The second-order valence-electron chi connectivity index (χ2n) is 5.98. The van der Waals surface area contributed by atoms with Crippen LogP contribution in [0, 0.1) is 11.8 Å². The van der Waals surface area contributed by atoms with Crippen molar-refractivity contribution >= 4 is 0 Å². The molecule has 1 aliphatic carbocycles. The van der Waals surface area contributed by atoms with Gasteiger partial charge in [0, 0.05) is 6.42 Å². The predicted molar refractivity (Wildman–Crippen MR) is 71.9 cm³/mol. The van der Waals surface area contributed by atoms with E-state index in [2.05, 4.69) is 19.1 Å². The van der Waals surface area contributed by atoms with Crippen molar-refractivity contribution in [1.29, 1.82) is 0 Å². The van der Waals surface area contributed by atoms with Gasteiger partial charge in [0.25, 0.3) is 0 Å². The van der Waals surface area contributed by atoms with Crippen molar-refractivity contribution in [1.82, 2.24) is 0 Å². The van der Waals surface area contributed by atoms with Crippen molar-refractivity contribution in [2.24, 2.45) is 11.8 Å². The topological polar surface area (TPSA) is 20.2 Å². The quantitative estimate of drug-likeness (QED) is 0.840. The smallest absolute Gasteiger partial charge is 0.0687 e. The molecule has 1 aliphatic rings. The molecule has 0 aromatic heterocycles. The molecule has 1 aromatic rings. The molecule has 1 aromatic carbocycles. The maximum atomic E-state index is 10.7. The first-order chi connectivity index (χ1) is 8.08. The minimum Gasteiger partial charge on any atom is -0.390 e. The standard InChI is InChI=1S/C16H24O/c1-13-8-10-15(11-9-13)16(2,17)12-14-6-4-3-5-7-14/h3-7,13,15,17H,8-12H2,1-2H3. The van der Waals surface area contributed by atoms with Crippen LogP contribution in [-0.2, 0) is 6.42 Å². The van der Waals surface area contributed by atoms with E-state index in [9.17, 15) is 5.11 Å². The molecule has 0 bridgehead atoms. The molecule has 1 N–H and O–H groups in total. The van der Waals surface area contributed by atoms with E-state index in [1.165, 1.54) is 31.2 Å². The zero-order valence-corrected chi connectivity index (χ0v) is 11.0. The molecule has 1 heteroatoms. The van der Waals surface area contributed by atoms with Crippen LogP contribution in [0.3, 0.4) is 0 Å². The Balaban J connectivity index is 1.98. The van der Waals surface area contributed by atoms with Gasteiger partial charge in [-0.25, -0.2) is 0 Å². The average molecular weight is 232 g/mol. The fourth-order valence-electron chi connectivity index (χ4n) is 3.04. The fourth-order valence-corrected chi connectivity index (χ4v) is 3.04. The highest BCUT2D eigenvalue weighted by molar-refractivity contribution is 5.17. The van der Waals surface area contributed by atoms with E-state index in [0.717, 1.165) is 12.3 Å². The van der Waals surface area contributed by atoms with Gasteiger partial charge in [0.05, 0.1) is 5.60 Å². The van der Waals surface area contributed by atoms with Crippen molar-refractivity contribution in [3.8, 4) is 0 Å². The van der Waals surface area contributed by atoms with Crippen LogP contribution < -0.4 is 0 Å². The molecule has 1 saturated carbocycles. The first kappa shape index (κ1) is 12.6. The summed E-state index contributed by atoms with van der Waals surface area (Å²) in [5.41, 5.74) is 0.706. The number of benzene rings is 1. The molecular formula is C16H24O. The second kappa shape index (κ2) is 5.22. The van der Waals surface area contributed by atoms with Crippen molar-refractivity contribution < 1.29 is 5.11 Å². The first-order valence-electron chi connectivity index (χ1n) is 6.84. The summed E-state index contributed by atoms with van der Waals surface area (Å²) in [6.45, 7) is 4.34. The van der Waals surface area contributed by atoms with Crippen LogP contribution >= 0.6 is 0 Å². The number of hydrogen-bond donors (Lipinski definition) is 1. The zero-order chi connectivity index (χ0) is 12.3. The van der Waals surface area contributed by atoms with E-state index < -0.39 is 5.60 Å². The van der Waals surface area contributed by atoms with E-state index in [1.807, 2.05) is 25.1 Å². The van der Waals surface area contributed by atoms with Gasteiger partial charge >= 0.3 is 0 Å². The van der Waals surface area contributed by atoms with Gasteiger partial charge in [-0.2, -0.15) is 0 Å². The van der Waals surface area contributed by atoms with Gasteiger partial charge in [-0.3, -0.25) is 0 Å². The third-order valence-corrected chi connectivity index (χ3v) is 4.30. The molecule has 0 amide bonds. The number of hydrogen-bond acceptors (Lipinski definition) is 1. The lowest BCUT2D eigenvalue weighted by Gasteiger charge is -2.37. The number of aliphatic hydroxyl groups is 1. The zero-order valence-electron chi connectivity index (χ0n) is 11.0. The molecular weight excluding hydrogens is 208 g/mol. The van der Waals surface area contributed by atoms with E-state index in [-0.39, 0.29) is 0 Å². The van der Waals surface area contributed by atoms with E-state index in [4.69, 9.17) is 0 Å². The molecule has 1 unspecified atom stereocenters. The lowest BCUT2D eigenvalue weighted by atomic mass is 9.72. The summed E-state index contributed by atoms with van der Waals surface area (Å²) < 4.78 is 0. The second-order valence-corrected chi connectivity index (χ2v) is 5.98. The monoisotopic (exact) mass is 232 g/mol. The minimum absolute atomic E-state index is 0.471. The van der Waals surface area contributed by atoms with Crippen LogP contribution in [0.1, 0.15) is 45.1 Å². The molecule has 0 spiro atoms. The van der Waals surface area contributed by atoms with Crippen molar-refractivity contribution in [3.63, 3.8) is 0 Å². The highest BCUT2D eigenvalue weighted by Gasteiger charge is 2.34. The summed E-state index contributed by atoms with van der Waals surface area (Å²) in [6, 6.07) is 10.4. The summed E-state index contributed by atoms with van der Waals surface area (Å²) in [7, 11) is 0.